The van der Waals surface area contributed by atoms with Gasteiger partial charge < -0.3 is 23.7 Å². The van der Waals surface area contributed by atoms with E-state index in [0.29, 0.717) is 57.3 Å². The van der Waals surface area contributed by atoms with Gasteiger partial charge >= 0.3 is 5.97 Å². The summed E-state index contributed by atoms with van der Waals surface area (Å²) in [5.74, 6) is 0.367. The number of carbonyl (C=O) groups excluding carboxylic acids is 2. The van der Waals surface area contributed by atoms with E-state index in [0.717, 1.165) is 11.1 Å². The van der Waals surface area contributed by atoms with Crippen LogP contribution in [0.5, 0.6) is 23.0 Å². The number of nitrogens with zero attached hydrogens (tertiary/aromatic N) is 1. The molecule has 2 aliphatic rings. The normalized spacial score (nSPS) is 21.2. The molecule has 2 aromatic rings. The van der Waals surface area contributed by atoms with E-state index in [1.165, 1.54) is 0 Å². The number of hydrogen-bond donors (Lipinski definition) is 0. The van der Waals surface area contributed by atoms with E-state index in [1.54, 1.807) is 34.5 Å². The van der Waals surface area contributed by atoms with Crippen molar-refractivity contribution < 1.29 is 33.3 Å². The minimum absolute atomic E-state index is 0.0506. The first kappa shape index (κ1) is 29.6. The highest BCUT2D eigenvalue weighted by Crippen LogP contribution is 2.50. The average molecular weight is 615 g/mol. The maximum atomic E-state index is 14.0. The SMILES string of the molecule is CC[C@H](C)OC(=O)C1C(C)=NC2=C(C(=O)C[C@H](c3ccc(OC)c(OC)c3)C2)[C@@H]1c1cc(OC)c(OC)cc1Br. The number of halogens is 1. The van der Waals surface area contributed by atoms with Gasteiger partial charge in [-0.1, -0.05) is 28.9 Å². The molecular weight excluding hydrogens is 578 g/mol. The van der Waals surface area contributed by atoms with Crippen LogP contribution in [0.4, 0.5) is 0 Å². The molecule has 4 atom stereocenters. The number of methoxy groups -OCH3 is 4. The molecule has 8 nitrogen and oxygen atoms in total. The van der Waals surface area contributed by atoms with Crippen molar-refractivity contribution in [2.24, 2.45) is 10.9 Å². The van der Waals surface area contributed by atoms with Crippen LogP contribution < -0.4 is 18.9 Å². The molecular formula is C31H36BrNO7. The zero-order chi connectivity index (χ0) is 29.1. The van der Waals surface area contributed by atoms with Gasteiger partial charge in [-0.25, -0.2) is 0 Å². The fourth-order valence-corrected chi connectivity index (χ4v) is 6.08. The number of benzene rings is 2. The average Bonchev–Trinajstić information content (AvgIpc) is 2.95. The molecule has 0 fully saturated rings. The number of rotatable bonds is 9. The summed E-state index contributed by atoms with van der Waals surface area (Å²) in [4.78, 5) is 32.5. The van der Waals surface area contributed by atoms with Gasteiger partial charge in [0, 0.05) is 33.8 Å². The molecule has 0 saturated heterocycles. The smallest absolute Gasteiger partial charge is 0.315 e. The Hall–Kier alpha value is -3.33. The number of ether oxygens (including phenoxy) is 5. The first-order chi connectivity index (χ1) is 19.2. The summed E-state index contributed by atoms with van der Waals surface area (Å²) in [5.41, 5.74) is 3.55. The number of Topliss-reactive ketones (excluding diaryl/α,β-unsaturated/α-hetero) is 1. The van der Waals surface area contributed by atoms with Crippen LogP contribution >= 0.6 is 15.9 Å². The van der Waals surface area contributed by atoms with Crippen LogP contribution in [0.25, 0.3) is 0 Å². The lowest BCUT2D eigenvalue weighted by Gasteiger charge is -2.37. The lowest BCUT2D eigenvalue weighted by molar-refractivity contribution is -0.151. The van der Waals surface area contributed by atoms with Crippen LogP contribution in [0.1, 0.15) is 63.0 Å². The third kappa shape index (κ3) is 5.61. The Morgan fingerprint density at radius 2 is 1.60 bits per heavy atom. The largest absolute Gasteiger partial charge is 0.493 e. The molecule has 1 unspecified atom stereocenters. The minimum atomic E-state index is -0.760. The van der Waals surface area contributed by atoms with Crippen molar-refractivity contribution in [2.45, 2.75) is 58.0 Å². The Morgan fingerprint density at radius 1 is 0.975 bits per heavy atom. The van der Waals surface area contributed by atoms with Gasteiger partial charge in [0.15, 0.2) is 28.8 Å². The van der Waals surface area contributed by atoms with Crippen molar-refractivity contribution in [3.8, 4) is 23.0 Å². The number of esters is 1. The molecule has 0 saturated carbocycles. The van der Waals surface area contributed by atoms with Crippen LogP contribution in [-0.2, 0) is 14.3 Å². The topological polar surface area (TPSA) is 92.7 Å². The first-order valence-electron chi connectivity index (χ1n) is 13.3. The molecule has 0 aromatic heterocycles. The number of allylic oxidation sites excluding steroid dienone is 2. The lowest BCUT2D eigenvalue weighted by Crippen LogP contribution is -2.39. The predicted octanol–water partition coefficient (Wildman–Crippen LogP) is 6.40. The van der Waals surface area contributed by atoms with Gasteiger partial charge in [0.25, 0.3) is 0 Å². The number of aliphatic imine (C=N–C) groups is 1. The van der Waals surface area contributed by atoms with Crippen LogP contribution in [0.15, 0.2) is 51.1 Å². The highest BCUT2D eigenvalue weighted by molar-refractivity contribution is 9.10. The molecule has 0 N–H and O–H groups in total. The number of hydrogen-bond acceptors (Lipinski definition) is 8. The fraction of sp³-hybridized carbons (Fsp3) is 0.452. The Bertz CT molecular complexity index is 1370. The summed E-state index contributed by atoms with van der Waals surface area (Å²) in [6.07, 6.45) is 1.24. The van der Waals surface area contributed by atoms with E-state index < -0.39 is 17.8 Å². The van der Waals surface area contributed by atoms with Crippen molar-refractivity contribution >= 4 is 33.4 Å². The van der Waals surface area contributed by atoms with Crippen molar-refractivity contribution in [1.82, 2.24) is 0 Å². The minimum Gasteiger partial charge on any atom is -0.493 e. The Balaban J connectivity index is 1.84. The van der Waals surface area contributed by atoms with Crippen molar-refractivity contribution in [3.05, 3.63) is 57.2 Å². The maximum Gasteiger partial charge on any atom is 0.315 e. The van der Waals surface area contributed by atoms with Gasteiger partial charge in [0.05, 0.1) is 34.5 Å². The first-order valence-corrected chi connectivity index (χ1v) is 14.1. The van der Waals surface area contributed by atoms with Gasteiger partial charge in [0.1, 0.15) is 5.92 Å². The van der Waals surface area contributed by atoms with Crippen LogP contribution in [-0.4, -0.2) is 52.0 Å². The monoisotopic (exact) mass is 613 g/mol. The summed E-state index contributed by atoms with van der Waals surface area (Å²) in [5, 5.41) is 0. The van der Waals surface area contributed by atoms with Gasteiger partial charge in [0.2, 0.25) is 0 Å². The highest BCUT2D eigenvalue weighted by Gasteiger charge is 2.46. The number of carbonyl (C=O) groups is 2. The number of ketones is 1. The maximum absolute atomic E-state index is 14.0. The second-order valence-electron chi connectivity index (χ2n) is 10.1. The van der Waals surface area contributed by atoms with Gasteiger partial charge in [-0.15, -0.1) is 0 Å². The Labute approximate surface area is 243 Å². The Morgan fingerprint density at radius 3 is 2.23 bits per heavy atom. The molecule has 40 heavy (non-hydrogen) atoms. The van der Waals surface area contributed by atoms with E-state index in [2.05, 4.69) is 15.9 Å². The van der Waals surface area contributed by atoms with Gasteiger partial charge in [-0.2, -0.15) is 0 Å². The molecule has 2 aromatic carbocycles. The molecule has 4 rings (SSSR count). The van der Waals surface area contributed by atoms with E-state index in [-0.39, 0.29) is 24.2 Å². The molecule has 9 heteroatoms. The zero-order valence-electron chi connectivity index (χ0n) is 24.0. The fourth-order valence-electron chi connectivity index (χ4n) is 5.51. The third-order valence-electron chi connectivity index (χ3n) is 7.75. The van der Waals surface area contributed by atoms with Crippen molar-refractivity contribution in [1.29, 1.82) is 0 Å². The van der Waals surface area contributed by atoms with Gasteiger partial charge in [-0.3, -0.25) is 14.6 Å². The summed E-state index contributed by atoms with van der Waals surface area (Å²) >= 11 is 3.68. The van der Waals surface area contributed by atoms with Crippen LogP contribution in [0, 0.1) is 5.92 Å². The van der Waals surface area contributed by atoms with E-state index in [4.69, 9.17) is 28.7 Å². The highest BCUT2D eigenvalue weighted by atomic mass is 79.9. The second-order valence-corrected chi connectivity index (χ2v) is 11.0. The molecule has 1 aliphatic carbocycles. The zero-order valence-corrected chi connectivity index (χ0v) is 25.6. The van der Waals surface area contributed by atoms with Crippen molar-refractivity contribution in [3.63, 3.8) is 0 Å². The van der Waals surface area contributed by atoms with Gasteiger partial charge in [-0.05, 0) is 68.0 Å². The summed E-state index contributed by atoms with van der Waals surface area (Å²) in [6.45, 7) is 5.65. The van der Waals surface area contributed by atoms with E-state index in [1.807, 2.05) is 45.0 Å². The molecule has 0 bridgehead atoms. The molecule has 0 amide bonds. The second kappa shape index (κ2) is 12.5. The van der Waals surface area contributed by atoms with E-state index in [9.17, 15) is 9.59 Å². The third-order valence-corrected chi connectivity index (χ3v) is 8.44. The lowest BCUT2D eigenvalue weighted by atomic mass is 9.69. The Kier molecular flexibility index (Phi) is 9.23. The molecule has 0 radical (unpaired) electrons. The predicted molar refractivity (Wildman–Crippen MR) is 156 cm³/mol. The summed E-state index contributed by atoms with van der Waals surface area (Å²) in [6, 6.07) is 9.35. The quantitative estimate of drug-likeness (QED) is 0.302. The molecule has 0 spiro atoms. The molecule has 1 aliphatic heterocycles. The molecule has 214 valence electrons. The van der Waals surface area contributed by atoms with E-state index >= 15 is 0 Å². The van der Waals surface area contributed by atoms with Crippen LogP contribution in [0.3, 0.4) is 0 Å². The standard InChI is InChI=1S/C31H36BrNO7/c1-8-16(2)40-31(35)28-17(3)33-22-11-19(18-9-10-24(36-4)25(13-18)37-5)12-23(34)30(22)29(28)20-14-26(38-6)27(39-7)15-21(20)32/h9-10,13-16,19,28-29H,8,11-12H2,1-7H3/t16-,19+,28?,29+/m0/s1. The van der Waals surface area contributed by atoms with Crippen molar-refractivity contribution in [2.75, 3.05) is 28.4 Å². The molecule has 1 heterocycles. The summed E-state index contributed by atoms with van der Waals surface area (Å²) in [7, 11) is 6.30. The summed E-state index contributed by atoms with van der Waals surface area (Å²) < 4.78 is 28.5. The van der Waals surface area contributed by atoms with Crippen LogP contribution in [0.2, 0.25) is 0 Å².